The van der Waals surface area contributed by atoms with Crippen molar-refractivity contribution < 1.29 is 9.72 Å². The molecule has 0 spiro atoms. The third kappa shape index (κ3) is 8.09. The molecule has 0 amide bonds. The SMILES string of the molecule is CC(=O)CCCCCCCCCCN(C)Cc1cc([N+](=O)[O-])cc2[nH]c(=O)c(=O)[nH]c12. The van der Waals surface area contributed by atoms with E-state index in [4.69, 9.17) is 0 Å². The first-order chi connectivity index (χ1) is 14.8. The summed E-state index contributed by atoms with van der Waals surface area (Å²) in [6.07, 6.45) is 9.64. The van der Waals surface area contributed by atoms with Gasteiger partial charge in [-0.05, 0) is 38.9 Å². The van der Waals surface area contributed by atoms with Crippen molar-refractivity contribution in [2.45, 2.75) is 71.3 Å². The highest BCUT2D eigenvalue weighted by atomic mass is 16.6. The minimum Gasteiger partial charge on any atom is -0.316 e. The van der Waals surface area contributed by atoms with Crippen LogP contribution in [0.25, 0.3) is 11.0 Å². The lowest BCUT2D eigenvalue weighted by Crippen LogP contribution is -2.29. The first-order valence-electron chi connectivity index (χ1n) is 10.9. The molecule has 0 aliphatic rings. The van der Waals surface area contributed by atoms with Gasteiger partial charge in [-0.25, -0.2) is 0 Å². The Bertz CT molecular complexity index is 1010. The number of non-ortho nitro benzene ring substituents is 1. The summed E-state index contributed by atoms with van der Waals surface area (Å²) in [5.41, 5.74) is -0.442. The van der Waals surface area contributed by atoms with Crippen LogP contribution in [0, 0.1) is 10.1 Å². The number of nitrogens with zero attached hydrogens (tertiary/aromatic N) is 2. The van der Waals surface area contributed by atoms with Gasteiger partial charge in [0.2, 0.25) is 0 Å². The number of aromatic amines is 2. The molecule has 9 nitrogen and oxygen atoms in total. The lowest BCUT2D eigenvalue weighted by molar-refractivity contribution is -0.384. The minimum absolute atomic E-state index is 0.123. The van der Waals surface area contributed by atoms with Gasteiger partial charge in [-0.3, -0.25) is 19.7 Å². The van der Waals surface area contributed by atoms with Crippen molar-refractivity contribution in [3.8, 4) is 0 Å². The maximum atomic E-state index is 11.7. The highest BCUT2D eigenvalue weighted by Crippen LogP contribution is 2.22. The monoisotopic (exact) mass is 432 g/mol. The summed E-state index contributed by atoms with van der Waals surface area (Å²) in [7, 11) is 1.93. The zero-order valence-electron chi connectivity index (χ0n) is 18.4. The molecule has 0 unspecified atom stereocenters. The molecule has 1 heterocycles. The van der Waals surface area contributed by atoms with Crippen LogP contribution in [0.5, 0.6) is 0 Å². The topological polar surface area (TPSA) is 129 Å². The van der Waals surface area contributed by atoms with Crippen LogP contribution in [0.4, 0.5) is 5.69 Å². The van der Waals surface area contributed by atoms with Crippen LogP contribution in [0.2, 0.25) is 0 Å². The number of ketones is 1. The number of hydrogen-bond donors (Lipinski definition) is 2. The third-order valence-electron chi connectivity index (χ3n) is 5.37. The summed E-state index contributed by atoms with van der Waals surface area (Å²) in [5, 5.41) is 11.2. The predicted molar refractivity (Wildman–Crippen MR) is 120 cm³/mol. The van der Waals surface area contributed by atoms with E-state index in [1.807, 2.05) is 7.05 Å². The van der Waals surface area contributed by atoms with Gasteiger partial charge in [0.05, 0.1) is 16.0 Å². The molecule has 0 saturated carbocycles. The molecule has 0 aliphatic heterocycles. The predicted octanol–water partition coefficient (Wildman–Crippen LogP) is 3.66. The Labute approximate surface area is 181 Å². The summed E-state index contributed by atoms with van der Waals surface area (Å²) in [5.74, 6) is 0.266. The molecule has 0 bridgehead atoms. The van der Waals surface area contributed by atoms with E-state index in [9.17, 15) is 24.5 Å². The number of carbonyl (C=O) groups is 1. The van der Waals surface area contributed by atoms with Gasteiger partial charge in [0, 0.05) is 25.1 Å². The molecule has 31 heavy (non-hydrogen) atoms. The number of aromatic nitrogens is 2. The molecule has 1 aromatic heterocycles. The van der Waals surface area contributed by atoms with Crippen molar-refractivity contribution in [1.29, 1.82) is 0 Å². The summed E-state index contributed by atoms with van der Waals surface area (Å²) < 4.78 is 0. The number of rotatable bonds is 14. The van der Waals surface area contributed by atoms with Gasteiger partial charge >= 0.3 is 11.1 Å². The van der Waals surface area contributed by atoms with Crippen LogP contribution >= 0.6 is 0 Å². The molecule has 170 valence electrons. The van der Waals surface area contributed by atoms with Crippen molar-refractivity contribution in [1.82, 2.24) is 14.9 Å². The first-order valence-corrected chi connectivity index (χ1v) is 10.9. The second-order valence-electron chi connectivity index (χ2n) is 8.21. The summed E-state index contributed by atoms with van der Waals surface area (Å²) in [4.78, 5) is 51.9. The standard InChI is InChI=1S/C22H32N4O5/c1-16(27)11-9-7-5-3-4-6-8-10-12-25(2)15-17-13-18(26(30)31)14-19-20(17)24-22(29)21(28)23-19/h13-14H,3-12,15H2,1-2H3,(H,23,28)(H,24,29). The number of hydrogen-bond acceptors (Lipinski definition) is 6. The highest BCUT2D eigenvalue weighted by Gasteiger charge is 2.15. The molecule has 1 aromatic carbocycles. The van der Waals surface area contributed by atoms with E-state index in [0.717, 1.165) is 38.6 Å². The van der Waals surface area contributed by atoms with Crippen LogP contribution < -0.4 is 11.1 Å². The van der Waals surface area contributed by atoms with Crippen LogP contribution in [-0.2, 0) is 11.3 Å². The Morgan fingerprint density at radius 1 is 0.968 bits per heavy atom. The summed E-state index contributed by atoms with van der Waals surface area (Å²) >= 11 is 0. The number of nitrogens with one attached hydrogen (secondary N) is 2. The first kappa shape index (κ1) is 24.5. The van der Waals surface area contributed by atoms with E-state index in [2.05, 4.69) is 14.9 Å². The number of nitro groups is 1. The maximum absolute atomic E-state index is 11.7. The van der Waals surface area contributed by atoms with E-state index in [1.165, 1.54) is 31.4 Å². The maximum Gasteiger partial charge on any atom is 0.314 e. The van der Waals surface area contributed by atoms with E-state index in [-0.39, 0.29) is 17.0 Å². The molecular weight excluding hydrogens is 400 g/mol. The van der Waals surface area contributed by atoms with E-state index < -0.39 is 16.0 Å². The average molecular weight is 433 g/mol. The van der Waals surface area contributed by atoms with E-state index in [0.29, 0.717) is 24.0 Å². The summed E-state index contributed by atoms with van der Waals surface area (Å²) in [6, 6.07) is 2.70. The fourth-order valence-electron chi connectivity index (χ4n) is 3.70. The van der Waals surface area contributed by atoms with Crippen molar-refractivity contribution >= 4 is 22.5 Å². The van der Waals surface area contributed by atoms with Gasteiger partial charge in [0.25, 0.3) is 5.69 Å². The second kappa shape index (κ2) is 12.1. The lowest BCUT2D eigenvalue weighted by atomic mass is 10.1. The van der Waals surface area contributed by atoms with Crippen molar-refractivity contribution in [3.63, 3.8) is 0 Å². The van der Waals surface area contributed by atoms with Gasteiger partial charge in [0.1, 0.15) is 5.78 Å². The van der Waals surface area contributed by atoms with Gasteiger partial charge in [-0.1, -0.05) is 38.5 Å². The molecule has 0 fully saturated rings. The van der Waals surface area contributed by atoms with Crippen LogP contribution in [0.3, 0.4) is 0 Å². The normalized spacial score (nSPS) is 11.3. The van der Waals surface area contributed by atoms with Gasteiger partial charge in [-0.15, -0.1) is 0 Å². The molecule has 0 radical (unpaired) electrons. The van der Waals surface area contributed by atoms with Crippen molar-refractivity contribution in [3.05, 3.63) is 48.5 Å². The quantitative estimate of drug-likeness (QED) is 0.203. The van der Waals surface area contributed by atoms with Gasteiger partial charge in [0.15, 0.2) is 0 Å². The number of Topliss-reactive ketones (excluding diaryl/α,β-unsaturated/α-hetero) is 1. The minimum atomic E-state index is -0.828. The number of benzene rings is 1. The number of nitro benzene ring substituents is 1. The number of unbranched alkanes of at least 4 members (excludes halogenated alkanes) is 7. The van der Waals surface area contributed by atoms with Crippen molar-refractivity contribution in [2.24, 2.45) is 0 Å². The number of fused-ring (bicyclic) bond motifs is 1. The Kier molecular flexibility index (Phi) is 9.58. The zero-order chi connectivity index (χ0) is 22.8. The molecule has 0 saturated heterocycles. The fraction of sp³-hybridized carbons (Fsp3) is 0.591. The summed E-state index contributed by atoms with van der Waals surface area (Å²) in [6.45, 7) is 2.89. The molecule has 9 heteroatoms. The molecule has 2 aromatic rings. The largest absolute Gasteiger partial charge is 0.316 e. The number of H-pyrrole nitrogens is 2. The fourth-order valence-corrected chi connectivity index (χ4v) is 3.70. The van der Waals surface area contributed by atoms with Crippen LogP contribution in [0.15, 0.2) is 21.7 Å². The van der Waals surface area contributed by atoms with Gasteiger partial charge in [-0.2, -0.15) is 0 Å². The molecule has 0 aliphatic carbocycles. The highest BCUT2D eigenvalue weighted by molar-refractivity contribution is 5.80. The lowest BCUT2D eigenvalue weighted by Gasteiger charge is -2.17. The Hall–Kier alpha value is -2.81. The van der Waals surface area contributed by atoms with Crippen molar-refractivity contribution in [2.75, 3.05) is 13.6 Å². The van der Waals surface area contributed by atoms with E-state index >= 15 is 0 Å². The van der Waals surface area contributed by atoms with E-state index in [1.54, 1.807) is 6.92 Å². The average Bonchev–Trinajstić information content (AvgIpc) is 2.70. The molecule has 2 rings (SSSR count). The smallest absolute Gasteiger partial charge is 0.314 e. The molecular formula is C22H32N4O5. The van der Waals surface area contributed by atoms with Crippen LogP contribution in [-0.4, -0.2) is 39.2 Å². The molecule has 0 atom stereocenters. The van der Waals surface area contributed by atoms with Gasteiger partial charge < -0.3 is 19.7 Å². The third-order valence-corrected chi connectivity index (χ3v) is 5.37. The second-order valence-corrected chi connectivity index (χ2v) is 8.21. The van der Waals surface area contributed by atoms with Crippen LogP contribution in [0.1, 0.15) is 70.3 Å². The zero-order valence-corrected chi connectivity index (χ0v) is 18.4. The Morgan fingerprint density at radius 3 is 2.16 bits per heavy atom. The number of carbonyl (C=O) groups excluding carboxylic acids is 1. The molecule has 2 N–H and O–H groups in total. The Morgan fingerprint density at radius 2 is 1.55 bits per heavy atom. The Balaban J connectivity index is 1.81.